The summed E-state index contributed by atoms with van der Waals surface area (Å²) in [6.07, 6.45) is -0.586. The minimum Gasteiger partial charge on any atom is -0.462 e. The summed E-state index contributed by atoms with van der Waals surface area (Å²) in [6.45, 7) is 2.06. The zero-order valence-electron chi connectivity index (χ0n) is 14.9. The molecule has 0 saturated heterocycles. The monoisotopic (exact) mass is 363 g/mol. The van der Waals surface area contributed by atoms with E-state index in [1.165, 1.54) is 11.8 Å². The third kappa shape index (κ3) is 2.73. The van der Waals surface area contributed by atoms with Gasteiger partial charge in [0, 0.05) is 16.5 Å². The Balaban J connectivity index is 1.99. The molecule has 0 unspecified atom stereocenters. The zero-order chi connectivity index (χ0) is 19.0. The molecule has 4 aromatic rings. The van der Waals surface area contributed by atoms with Crippen molar-refractivity contribution >= 4 is 34.0 Å². The SMILES string of the molecule is CCOC(=O)c1ccc2c(c1)[nH]c1c(-c3ccccc3)nn(C(=O)OC)c12. The predicted octanol–water partition coefficient (Wildman–Crippen LogP) is 3.98. The second-order valence-electron chi connectivity index (χ2n) is 5.93. The highest BCUT2D eigenvalue weighted by atomic mass is 16.5. The van der Waals surface area contributed by atoms with Gasteiger partial charge in [0.25, 0.3) is 0 Å². The lowest BCUT2D eigenvalue weighted by atomic mass is 10.1. The first-order chi connectivity index (χ1) is 13.1. The summed E-state index contributed by atoms with van der Waals surface area (Å²) in [7, 11) is 1.31. The van der Waals surface area contributed by atoms with Crippen LogP contribution >= 0.6 is 0 Å². The topological polar surface area (TPSA) is 86.2 Å². The van der Waals surface area contributed by atoms with Gasteiger partial charge in [0.05, 0.1) is 24.8 Å². The Bertz CT molecular complexity index is 1160. The Morgan fingerprint density at radius 2 is 1.93 bits per heavy atom. The second kappa shape index (κ2) is 6.60. The number of fused-ring (bicyclic) bond motifs is 3. The van der Waals surface area contributed by atoms with E-state index in [9.17, 15) is 9.59 Å². The van der Waals surface area contributed by atoms with Crippen LogP contribution in [-0.4, -0.2) is 40.5 Å². The lowest BCUT2D eigenvalue weighted by Crippen LogP contribution is -2.12. The molecule has 7 nitrogen and oxygen atoms in total. The fraction of sp³-hybridized carbons (Fsp3) is 0.150. The highest BCUT2D eigenvalue weighted by Gasteiger charge is 2.22. The molecule has 4 rings (SSSR count). The van der Waals surface area contributed by atoms with Crippen LogP contribution in [0.5, 0.6) is 0 Å². The molecule has 0 saturated carbocycles. The Kier molecular flexibility index (Phi) is 4.12. The van der Waals surface area contributed by atoms with Gasteiger partial charge in [0.15, 0.2) is 0 Å². The van der Waals surface area contributed by atoms with E-state index in [-0.39, 0.29) is 0 Å². The largest absolute Gasteiger partial charge is 0.462 e. The number of carbonyl (C=O) groups is 2. The Morgan fingerprint density at radius 1 is 1.15 bits per heavy atom. The third-order valence-electron chi connectivity index (χ3n) is 4.33. The van der Waals surface area contributed by atoms with Crippen molar-refractivity contribution in [2.24, 2.45) is 0 Å². The molecule has 0 fully saturated rings. The summed E-state index contributed by atoms with van der Waals surface area (Å²) in [6, 6.07) is 14.7. The quantitative estimate of drug-likeness (QED) is 0.557. The number of aromatic nitrogens is 3. The molecule has 0 aliphatic carbocycles. The molecule has 0 amide bonds. The number of nitrogens with one attached hydrogen (secondary N) is 1. The summed E-state index contributed by atoms with van der Waals surface area (Å²) in [5.74, 6) is -0.393. The number of H-pyrrole nitrogens is 1. The number of ether oxygens (including phenoxy) is 2. The molecule has 2 aromatic carbocycles. The molecule has 27 heavy (non-hydrogen) atoms. The van der Waals surface area contributed by atoms with Crippen LogP contribution in [0.2, 0.25) is 0 Å². The molecule has 0 spiro atoms. The van der Waals surface area contributed by atoms with Crippen molar-refractivity contribution < 1.29 is 19.1 Å². The van der Waals surface area contributed by atoms with Crippen molar-refractivity contribution in [2.45, 2.75) is 6.92 Å². The molecule has 0 radical (unpaired) electrons. The van der Waals surface area contributed by atoms with E-state index in [1.807, 2.05) is 30.3 Å². The first kappa shape index (κ1) is 16.8. The van der Waals surface area contributed by atoms with Crippen LogP contribution in [0.3, 0.4) is 0 Å². The normalized spacial score (nSPS) is 11.0. The summed E-state index contributed by atoms with van der Waals surface area (Å²) in [5, 5.41) is 5.21. The third-order valence-corrected chi connectivity index (χ3v) is 4.33. The number of rotatable bonds is 3. The predicted molar refractivity (Wildman–Crippen MR) is 101 cm³/mol. The van der Waals surface area contributed by atoms with Crippen LogP contribution in [0.4, 0.5) is 4.79 Å². The van der Waals surface area contributed by atoms with Gasteiger partial charge < -0.3 is 14.5 Å². The summed E-state index contributed by atoms with van der Waals surface area (Å²) in [5.41, 5.74) is 3.94. The number of nitrogens with zero attached hydrogens (tertiary/aromatic N) is 2. The molecule has 2 heterocycles. The second-order valence-corrected chi connectivity index (χ2v) is 5.93. The maximum Gasteiger partial charge on any atom is 0.435 e. The smallest absolute Gasteiger partial charge is 0.435 e. The molecular formula is C20H17N3O4. The standard InChI is InChI=1S/C20H17N3O4/c1-3-27-19(24)13-9-10-14-15(11-13)21-17-16(12-7-5-4-6-8-12)22-23(18(14)17)20(25)26-2/h4-11,21H,3H2,1-2H3. The van der Waals surface area contributed by atoms with Gasteiger partial charge in [-0.25, -0.2) is 9.59 Å². The molecular weight excluding hydrogens is 346 g/mol. The molecule has 0 atom stereocenters. The molecule has 1 N–H and O–H groups in total. The number of carbonyl (C=O) groups excluding carboxylic acids is 2. The zero-order valence-corrected chi connectivity index (χ0v) is 14.9. The van der Waals surface area contributed by atoms with Crippen molar-refractivity contribution in [3.63, 3.8) is 0 Å². The number of aromatic amines is 1. The van der Waals surface area contributed by atoms with E-state index in [1.54, 1.807) is 25.1 Å². The number of benzene rings is 2. The number of esters is 1. The van der Waals surface area contributed by atoms with Gasteiger partial charge in [-0.2, -0.15) is 9.78 Å². The minimum atomic E-state index is -0.586. The van der Waals surface area contributed by atoms with Gasteiger partial charge in [0.2, 0.25) is 0 Å². The minimum absolute atomic E-state index is 0.305. The highest BCUT2D eigenvalue weighted by Crippen LogP contribution is 2.33. The maximum absolute atomic E-state index is 12.3. The average Bonchev–Trinajstić information content (AvgIpc) is 3.25. The first-order valence-corrected chi connectivity index (χ1v) is 8.49. The lowest BCUT2D eigenvalue weighted by Gasteiger charge is -2.03. The van der Waals surface area contributed by atoms with Crippen molar-refractivity contribution in [2.75, 3.05) is 13.7 Å². The van der Waals surface area contributed by atoms with Crippen LogP contribution < -0.4 is 0 Å². The van der Waals surface area contributed by atoms with Crippen LogP contribution in [-0.2, 0) is 9.47 Å². The van der Waals surface area contributed by atoms with E-state index in [4.69, 9.17) is 9.47 Å². The summed E-state index contributed by atoms with van der Waals surface area (Å²) < 4.78 is 11.2. The lowest BCUT2D eigenvalue weighted by molar-refractivity contribution is 0.0526. The van der Waals surface area contributed by atoms with Crippen molar-refractivity contribution in [1.29, 1.82) is 0 Å². The molecule has 0 aliphatic heterocycles. The van der Waals surface area contributed by atoms with E-state index in [2.05, 4.69) is 10.1 Å². The molecule has 2 aromatic heterocycles. The van der Waals surface area contributed by atoms with Crippen molar-refractivity contribution in [3.05, 3.63) is 54.1 Å². The van der Waals surface area contributed by atoms with Gasteiger partial charge in [-0.15, -0.1) is 0 Å². The molecule has 0 bridgehead atoms. The van der Waals surface area contributed by atoms with Gasteiger partial charge in [-0.05, 0) is 25.1 Å². The molecule has 136 valence electrons. The number of hydrogen-bond donors (Lipinski definition) is 1. The maximum atomic E-state index is 12.3. The van der Waals surface area contributed by atoms with Gasteiger partial charge in [-0.3, -0.25) is 0 Å². The highest BCUT2D eigenvalue weighted by molar-refractivity contribution is 6.13. The van der Waals surface area contributed by atoms with E-state index >= 15 is 0 Å². The fourth-order valence-corrected chi connectivity index (χ4v) is 3.13. The van der Waals surface area contributed by atoms with Gasteiger partial charge in [-0.1, -0.05) is 30.3 Å². The van der Waals surface area contributed by atoms with Gasteiger partial charge in [0.1, 0.15) is 11.2 Å². The van der Waals surface area contributed by atoms with Crippen LogP contribution in [0.15, 0.2) is 48.5 Å². The Hall–Kier alpha value is -3.61. The van der Waals surface area contributed by atoms with E-state index < -0.39 is 12.1 Å². The first-order valence-electron chi connectivity index (χ1n) is 8.49. The summed E-state index contributed by atoms with van der Waals surface area (Å²) in [4.78, 5) is 27.6. The van der Waals surface area contributed by atoms with Crippen LogP contribution in [0.25, 0.3) is 33.2 Å². The van der Waals surface area contributed by atoms with E-state index in [0.29, 0.717) is 34.4 Å². The molecule has 7 heteroatoms. The summed E-state index contributed by atoms with van der Waals surface area (Å²) >= 11 is 0. The Labute approximate surface area is 154 Å². The number of hydrogen-bond acceptors (Lipinski definition) is 5. The Morgan fingerprint density at radius 3 is 2.63 bits per heavy atom. The van der Waals surface area contributed by atoms with E-state index in [0.717, 1.165) is 10.9 Å². The van der Waals surface area contributed by atoms with Gasteiger partial charge >= 0.3 is 12.1 Å². The van der Waals surface area contributed by atoms with Crippen molar-refractivity contribution in [3.8, 4) is 11.3 Å². The molecule has 0 aliphatic rings. The van der Waals surface area contributed by atoms with Crippen LogP contribution in [0, 0.1) is 0 Å². The van der Waals surface area contributed by atoms with Crippen molar-refractivity contribution in [1.82, 2.24) is 14.8 Å². The average molecular weight is 363 g/mol. The fourth-order valence-electron chi connectivity index (χ4n) is 3.13. The number of methoxy groups -OCH3 is 1. The van der Waals surface area contributed by atoms with Crippen LogP contribution in [0.1, 0.15) is 17.3 Å².